The summed E-state index contributed by atoms with van der Waals surface area (Å²) < 4.78 is 5.24. The number of hydrogen-bond acceptors (Lipinski definition) is 4. The van der Waals surface area contributed by atoms with E-state index in [1.165, 1.54) is 13.5 Å². The highest BCUT2D eigenvalue weighted by atomic mass is 35.5. The maximum absolute atomic E-state index is 11.4. The number of primary amides is 1. The quantitative estimate of drug-likeness (QED) is 0.713. The Bertz CT molecular complexity index is 543. The van der Waals surface area contributed by atoms with Crippen molar-refractivity contribution in [3.05, 3.63) is 22.7 Å². The molecule has 0 radical (unpaired) electrons. The van der Waals surface area contributed by atoms with Crippen LogP contribution >= 0.6 is 11.6 Å². The van der Waals surface area contributed by atoms with E-state index >= 15 is 0 Å². The Morgan fingerprint density at radius 1 is 1.30 bits per heavy atom. The maximum atomic E-state index is 11.4. The van der Waals surface area contributed by atoms with E-state index in [9.17, 15) is 4.79 Å². The number of amides is 1. The molecule has 4 N–H and O–H groups in total. The molecular weight excluding hydrogens is 314 g/mol. The monoisotopic (exact) mass is 339 g/mol. The first kappa shape index (κ1) is 17.9. The van der Waals surface area contributed by atoms with Gasteiger partial charge in [-0.05, 0) is 44.7 Å². The smallest absolute Gasteiger partial charge is 0.252 e. The summed E-state index contributed by atoms with van der Waals surface area (Å²) in [7, 11) is 1.52. The van der Waals surface area contributed by atoms with Crippen molar-refractivity contribution in [1.29, 1.82) is 0 Å². The summed E-state index contributed by atoms with van der Waals surface area (Å²) in [6.45, 7) is 3.27. The molecule has 128 valence electrons. The molecule has 1 aromatic rings. The highest BCUT2D eigenvalue weighted by Crippen LogP contribution is 2.33. The Morgan fingerprint density at radius 3 is 2.52 bits per heavy atom. The molecule has 1 aliphatic rings. The lowest BCUT2D eigenvalue weighted by molar-refractivity contribution is 0.0997. The normalized spacial score (nSPS) is 21.0. The molecule has 6 heteroatoms. The van der Waals surface area contributed by atoms with Gasteiger partial charge < -0.3 is 21.1 Å². The van der Waals surface area contributed by atoms with Gasteiger partial charge in [0.05, 0.1) is 23.4 Å². The van der Waals surface area contributed by atoms with E-state index in [2.05, 4.69) is 17.6 Å². The second-order valence-corrected chi connectivity index (χ2v) is 6.45. The van der Waals surface area contributed by atoms with Crippen molar-refractivity contribution < 1.29 is 9.53 Å². The van der Waals surface area contributed by atoms with Crippen LogP contribution in [-0.4, -0.2) is 31.6 Å². The Morgan fingerprint density at radius 2 is 1.96 bits per heavy atom. The van der Waals surface area contributed by atoms with Crippen LogP contribution in [-0.2, 0) is 0 Å². The fourth-order valence-corrected chi connectivity index (χ4v) is 3.25. The predicted octanol–water partition coefficient (Wildman–Crippen LogP) is 3.17. The van der Waals surface area contributed by atoms with E-state index in [1.807, 2.05) is 0 Å². The lowest BCUT2D eigenvalue weighted by Crippen LogP contribution is -2.37. The van der Waals surface area contributed by atoms with Crippen LogP contribution < -0.4 is 21.1 Å². The number of anilines is 1. The standard InChI is InChI=1S/C17H26ClN3O2/c1-3-8-20-11-4-6-12(7-5-11)21-15-10-16(23-2)13(17(19)22)9-14(15)18/h9-12,20-21H,3-8H2,1-2H3,(H2,19,22)/t11-,12-. The molecule has 0 bridgehead atoms. The van der Waals surface area contributed by atoms with Crippen LogP contribution in [0.2, 0.25) is 5.02 Å². The van der Waals surface area contributed by atoms with Gasteiger partial charge in [-0.1, -0.05) is 18.5 Å². The molecule has 1 amide bonds. The summed E-state index contributed by atoms with van der Waals surface area (Å²) in [5.74, 6) is -0.0968. The van der Waals surface area contributed by atoms with Gasteiger partial charge in [0.15, 0.2) is 0 Å². The van der Waals surface area contributed by atoms with E-state index in [4.69, 9.17) is 22.1 Å². The van der Waals surface area contributed by atoms with Gasteiger partial charge >= 0.3 is 0 Å². The molecule has 0 aromatic heterocycles. The largest absolute Gasteiger partial charge is 0.496 e. The number of carbonyl (C=O) groups excluding carboxylic acids is 1. The third-order valence-corrected chi connectivity index (χ3v) is 4.64. The Kier molecular flexibility index (Phi) is 6.54. The minimum Gasteiger partial charge on any atom is -0.496 e. The number of halogens is 1. The lowest BCUT2D eigenvalue weighted by Gasteiger charge is -2.30. The molecule has 1 saturated carbocycles. The second-order valence-electron chi connectivity index (χ2n) is 6.04. The van der Waals surface area contributed by atoms with Gasteiger partial charge in [0.2, 0.25) is 0 Å². The van der Waals surface area contributed by atoms with Gasteiger partial charge in [-0.15, -0.1) is 0 Å². The van der Waals surface area contributed by atoms with Crippen molar-refractivity contribution in [3.63, 3.8) is 0 Å². The molecule has 0 spiro atoms. The molecule has 0 atom stereocenters. The van der Waals surface area contributed by atoms with E-state index in [-0.39, 0.29) is 0 Å². The van der Waals surface area contributed by atoms with Crippen LogP contribution in [0.3, 0.4) is 0 Å². The number of hydrogen-bond donors (Lipinski definition) is 3. The van der Waals surface area contributed by atoms with Crippen LogP contribution in [0, 0.1) is 0 Å². The Labute approximate surface area is 142 Å². The molecule has 0 heterocycles. The number of methoxy groups -OCH3 is 1. The van der Waals surface area contributed by atoms with Gasteiger partial charge in [0, 0.05) is 18.2 Å². The zero-order chi connectivity index (χ0) is 16.8. The zero-order valence-corrected chi connectivity index (χ0v) is 14.6. The molecule has 2 rings (SSSR count). The van der Waals surface area contributed by atoms with Crippen molar-refractivity contribution in [3.8, 4) is 5.75 Å². The third kappa shape index (κ3) is 4.75. The van der Waals surface area contributed by atoms with Crippen molar-refractivity contribution in [2.24, 2.45) is 5.73 Å². The first-order chi connectivity index (χ1) is 11.0. The number of rotatable bonds is 7. The van der Waals surface area contributed by atoms with Crippen LogP contribution in [0.25, 0.3) is 0 Å². The lowest BCUT2D eigenvalue weighted by atomic mass is 9.91. The molecule has 5 nitrogen and oxygen atoms in total. The number of nitrogens with two attached hydrogens (primary N) is 1. The van der Waals surface area contributed by atoms with E-state index in [0.29, 0.717) is 28.4 Å². The number of ether oxygens (including phenoxy) is 1. The van der Waals surface area contributed by atoms with Gasteiger partial charge in [-0.25, -0.2) is 0 Å². The number of nitrogens with one attached hydrogen (secondary N) is 2. The van der Waals surface area contributed by atoms with Crippen LogP contribution in [0.5, 0.6) is 5.75 Å². The van der Waals surface area contributed by atoms with Gasteiger partial charge in [0.1, 0.15) is 5.75 Å². The van der Waals surface area contributed by atoms with E-state index < -0.39 is 5.91 Å². The molecule has 1 fully saturated rings. The number of benzene rings is 1. The average molecular weight is 340 g/mol. The first-order valence-corrected chi connectivity index (χ1v) is 8.60. The Hall–Kier alpha value is -1.46. The predicted molar refractivity (Wildman–Crippen MR) is 94.5 cm³/mol. The minimum absolute atomic E-state index is 0.301. The zero-order valence-electron chi connectivity index (χ0n) is 13.8. The molecule has 0 saturated heterocycles. The summed E-state index contributed by atoms with van der Waals surface area (Å²) in [5.41, 5.74) is 6.44. The molecule has 0 unspecified atom stereocenters. The van der Waals surface area contributed by atoms with Crippen LogP contribution in [0.15, 0.2) is 12.1 Å². The summed E-state index contributed by atoms with van der Waals surface area (Å²) in [6.07, 6.45) is 5.67. The molecular formula is C17H26ClN3O2. The molecule has 1 aromatic carbocycles. The van der Waals surface area contributed by atoms with Crippen molar-refractivity contribution in [2.75, 3.05) is 19.0 Å². The highest BCUT2D eigenvalue weighted by Gasteiger charge is 2.22. The van der Waals surface area contributed by atoms with E-state index in [1.54, 1.807) is 12.1 Å². The third-order valence-electron chi connectivity index (χ3n) is 4.32. The van der Waals surface area contributed by atoms with Gasteiger partial charge in [-0.3, -0.25) is 4.79 Å². The first-order valence-electron chi connectivity index (χ1n) is 8.22. The summed E-state index contributed by atoms with van der Waals surface area (Å²) in [4.78, 5) is 11.4. The molecule has 1 aliphatic carbocycles. The summed E-state index contributed by atoms with van der Waals surface area (Å²) in [6, 6.07) is 4.33. The topological polar surface area (TPSA) is 76.4 Å². The molecule has 23 heavy (non-hydrogen) atoms. The molecule has 0 aliphatic heterocycles. The summed E-state index contributed by atoms with van der Waals surface area (Å²) in [5, 5.41) is 7.55. The van der Waals surface area contributed by atoms with Gasteiger partial charge in [-0.2, -0.15) is 0 Å². The van der Waals surface area contributed by atoms with Crippen LogP contribution in [0.4, 0.5) is 5.69 Å². The van der Waals surface area contributed by atoms with E-state index in [0.717, 1.165) is 37.9 Å². The van der Waals surface area contributed by atoms with Crippen molar-refractivity contribution in [2.45, 2.75) is 51.1 Å². The van der Waals surface area contributed by atoms with Crippen molar-refractivity contribution in [1.82, 2.24) is 5.32 Å². The average Bonchev–Trinajstić information content (AvgIpc) is 2.55. The van der Waals surface area contributed by atoms with Gasteiger partial charge in [0.25, 0.3) is 5.91 Å². The maximum Gasteiger partial charge on any atom is 0.252 e. The summed E-state index contributed by atoms with van der Waals surface area (Å²) >= 11 is 6.28. The minimum atomic E-state index is -0.544. The second kappa shape index (κ2) is 8.41. The fraction of sp³-hybridized carbons (Fsp3) is 0.588. The SMILES string of the molecule is CCCN[C@H]1CC[C@H](Nc2cc(OC)c(C(N)=O)cc2Cl)CC1. The van der Waals surface area contributed by atoms with Crippen molar-refractivity contribution >= 4 is 23.2 Å². The fourth-order valence-electron chi connectivity index (χ4n) is 3.04. The van der Waals surface area contributed by atoms with Crippen LogP contribution in [0.1, 0.15) is 49.4 Å². The highest BCUT2D eigenvalue weighted by molar-refractivity contribution is 6.33. The Balaban J connectivity index is 2.00. The number of carbonyl (C=O) groups is 1.